The monoisotopic (exact) mass is 360 g/mol. The molecule has 3 unspecified atom stereocenters. The number of aromatic nitrogens is 2. The summed E-state index contributed by atoms with van der Waals surface area (Å²) < 4.78 is 5.04. The number of imide groups is 1. The van der Waals surface area contributed by atoms with E-state index in [9.17, 15) is 19.2 Å². The Kier molecular flexibility index (Phi) is 5.24. The van der Waals surface area contributed by atoms with E-state index in [1.54, 1.807) is 6.07 Å². The van der Waals surface area contributed by atoms with Crippen molar-refractivity contribution in [2.45, 2.75) is 38.7 Å². The molecule has 0 aromatic carbocycles. The molecule has 1 aromatic heterocycles. The van der Waals surface area contributed by atoms with Crippen molar-refractivity contribution in [2.75, 3.05) is 11.9 Å². The number of rotatable bonds is 5. The lowest BCUT2D eigenvalue weighted by atomic mass is 9.81. The summed E-state index contributed by atoms with van der Waals surface area (Å²) in [6, 6.07) is 1.60. The minimum Gasteiger partial charge on any atom is -0.451 e. The Labute approximate surface area is 150 Å². The molecule has 0 spiro atoms. The number of carbonyl (C=O) groups is 4. The Bertz CT molecular complexity index is 699. The lowest BCUT2D eigenvalue weighted by Crippen LogP contribution is -2.39. The van der Waals surface area contributed by atoms with E-state index in [1.165, 1.54) is 19.3 Å². The predicted molar refractivity (Wildman–Crippen MR) is 88.4 cm³/mol. The van der Waals surface area contributed by atoms with Gasteiger partial charge in [0.1, 0.15) is 6.54 Å². The first-order valence-corrected chi connectivity index (χ1v) is 8.60. The van der Waals surface area contributed by atoms with Crippen molar-refractivity contribution in [2.24, 2.45) is 11.8 Å². The topological polar surface area (TPSA) is 119 Å². The van der Waals surface area contributed by atoms with E-state index in [1.807, 2.05) is 0 Å². The van der Waals surface area contributed by atoms with Crippen LogP contribution in [0.5, 0.6) is 0 Å². The molecule has 2 aliphatic rings. The smallest absolute Gasteiger partial charge is 0.326 e. The molecule has 138 valence electrons. The van der Waals surface area contributed by atoms with E-state index in [-0.39, 0.29) is 29.6 Å². The average molecular weight is 360 g/mol. The molecule has 1 saturated carbocycles. The van der Waals surface area contributed by atoms with Crippen molar-refractivity contribution in [1.82, 2.24) is 14.9 Å². The van der Waals surface area contributed by atoms with Gasteiger partial charge in [0, 0.05) is 12.4 Å². The number of hydrogen-bond donors (Lipinski definition) is 1. The van der Waals surface area contributed by atoms with Crippen LogP contribution in [-0.4, -0.2) is 51.2 Å². The van der Waals surface area contributed by atoms with E-state index >= 15 is 0 Å². The van der Waals surface area contributed by atoms with Gasteiger partial charge in [-0.15, -0.1) is 0 Å². The summed E-state index contributed by atoms with van der Waals surface area (Å²) in [7, 11) is 0. The summed E-state index contributed by atoms with van der Waals surface area (Å²) in [5.41, 5.74) is 0. The highest BCUT2D eigenvalue weighted by Gasteiger charge is 2.48. The van der Waals surface area contributed by atoms with Crippen LogP contribution in [0.15, 0.2) is 18.5 Å². The number of nitrogens with zero attached hydrogens (tertiary/aromatic N) is 3. The van der Waals surface area contributed by atoms with Gasteiger partial charge in [-0.25, -0.2) is 9.97 Å². The molecule has 9 heteroatoms. The lowest BCUT2D eigenvalue weighted by molar-refractivity contribution is -0.158. The first-order chi connectivity index (χ1) is 12.5. The molecule has 2 heterocycles. The Morgan fingerprint density at radius 2 is 1.77 bits per heavy atom. The molecular formula is C17H20N4O5. The van der Waals surface area contributed by atoms with Crippen LogP contribution in [0.1, 0.15) is 32.6 Å². The van der Waals surface area contributed by atoms with Crippen LogP contribution < -0.4 is 5.32 Å². The van der Waals surface area contributed by atoms with Crippen LogP contribution in [0.3, 0.4) is 0 Å². The highest BCUT2D eigenvalue weighted by molar-refractivity contribution is 6.07. The molecule has 1 N–H and O–H groups in total. The first kappa shape index (κ1) is 18.0. The molecule has 2 fully saturated rings. The van der Waals surface area contributed by atoms with E-state index in [2.05, 4.69) is 15.3 Å². The summed E-state index contributed by atoms with van der Waals surface area (Å²) in [6.45, 7) is 0.924. The van der Waals surface area contributed by atoms with Gasteiger partial charge in [-0.1, -0.05) is 12.8 Å². The average Bonchev–Trinajstić information content (AvgIpc) is 2.88. The Hall–Kier alpha value is -2.84. The first-order valence-electron chi connectivity index (χ1n) is 8.60. The summed E-state index contributed by atoms with van der Waals surface area (Å²) in [5, 5.41) is 2.41. The van der Waals surface area contributed by atoms with E-state index in [0.29, 0.717) is 12.8 Å². The number of ether oxygens (including phenoxy) is 1. The Balaban J connectivity index is 1.54. The second kappa shape index (κ2) is 7.59. The van der Waals surface area contributed by atoms with Gasteiger partial charge >= 0.3 is 5.97 Å². The molecule has 3 atom stereocenters. The number of esters is 1. The van der Waals surface area contributed by atoms with E-state index in [0.717, 1.165) is 17.7 Å². The zero-order valence-corrected chi connectivity index (χ0v) is 14.4. The number of amides is 3. The van der Waals surface area contributed by atoms with Crippen LogP contribution in [0.25, 0.3) is 0 Å². The third kappa shape index (κ3) is 3.71. The number of fused-ring (bicyclic) bond motifs is 1. The summed E-state index contributed by atoms with van der Waals surface area (Å²) in [6.07, 6.45) is 5.00. The molecule has 0 bridgehead atoms. The van der Waals surface area contributed by atoms with Gasteiger partial charge in [-0.2, -0.15) is 0 Å². The Morgan fingerprint density at radius 1 is 1.19 bits per heavy atom. The molecule has 1 aromatic rings. The number of anilines is 1. The fourth-order valence-corrected chi connectivity index (χ4v) is 3.38. The van der Waals surface area contributed by atoms with Gasteiger partial charge in [0.05, 0.1) is 11.8 Å². The number of carbonyl (C=O) groups excluding carboxylic acids is 4. The van der Waals surface area contributed by atoms with Crippen LogP contribution in [0, 0.1) is 11.8 Å². The zero-order valence-electron chi connectivity index (χ0n) is 14.4. The number of likely N-dealkylation sites (tertiary alicyclic amines) is 1. The second-order valence-corrected chi connectivity index (χ2v) is 6.45. The molecule has 3 rings (SSSR count). The van der Waals surface area contributed by atoms with Gasteiger partial charge in [0.25, 0.3) is 5.91 Å². The molecule has 0 radical (unpaired) electrons. The minimum atomic E-state index is -1.11. The second-order valence-electron chi connectivity index (χ2n) is 6.45. The van der Waals surface area contributed by atoms with Crippen molar-refractivity contribution in [1.29, 1.82) is 0 Å². The number of nitrogens with one attached hydrogen (secondary N) is 1. The molecular weight excluding hydrogens is 340 g/mol. The van der Waals surface area contributed by atoms with Crippen molar-refractivity contribution >= 4 is 29.6 Å². The normalized spacial score (nSPS) is 23.3. The van der Waals surface area contributed by atoms with Crippen molar-refractivity contribution in [3.63, 3.8) is 0 Å². The third-order valence-corrected chi connectivity index (χ3v) is 4.70. The van der Waals surface area contributed by atoms with Crippen molar-refractivity contribution < 1.29 is 23.9 Å². The van der Waals surface area contributed by atoms with Crippen LogP contribution in [0.4, 0.5) is 5.95 Å². The summed E-state index contributed by atoms with van der Waals surface area (Å²) in [4.78, 5) is 57.4. The number of hydrogen-bond acceptors (Lipinski definition) is 7. The van der Waals surface area contributed by atoms with Crippen LogP contribution in [-0.2, 0) is 23.9 Å². The fourth-order valence-electron chi connectivity index (χ4n) is 3.38. The van der Waals surface area contributed by atoms with Gasteiger partial charge in [0.15, 0.2) is 6.10 Å². The maximum atomic E-state index is 12.3. The maximum absolute atomic E-state index is 12.3. The van der Waals surface area contributed by atoms with Crippen LogP contribution in [0.2, 0.25) is 0 Å². The molecule has 9 nitrogen and oxygen atoms in total. The third-order valence-electron chi connectivity index (χ3n) is 4.70. The van der Waals surface area contributed by atoms with Gasteiger partial charge < -0.3 is 4.74 Å². The maximum Gasteiger partial charge on any atom is 0.326 e. The summed E-state index contributed by atoms with van der Waals surface area (Å²) in [5.74, 6) is -2.58. The quantitative estimate of drug-likeness (QED) is 0.601. The van der Waals surface area contributed by atoms with Gasteiger partial charge in [0.2, 0.25) is 17.8 Å². The SMILES string of the molecule is CC(OC(=O)CN1C(=O)C2CCCCC2C1=O)C(=O)Nc1ncccn1. The zero-order chi connectivity index (χ0) is 18.7. The molecule has 26 heavy (non-hydrogen) atoms. The van der Waals surface area contributed by atoms with Crippen molar-refractivity contribution in [3.05, 3.63) is 18.5 Å². The fraction of sp³-hybridized carbons (Fsp3) is 0.529. The highest BCUT2D eigenvalue weighted by atomic mass is 16.5. The Morgan fingerprint density at radius 3 is 2.35 bits per heavy atom. The van der Waals surface area contributed by atoms with Gasteiger partial charge in [-0.3, -0.25) is 29.4 Å². The molecule has 1 aliphatic heterocycles. The van der Waals surface area contributed by atoms with Gasteiger partial charge in [-0.05, 0) is 25.8 Å². The molecule has 1 aliphatic carbocycles. The highest BCUT2D eigenvalue weighted by Crippen LogP contribution is 2.37. The minimum absolute atomic E-state index is 0.0920. The van der Waals surface area contributed by atoms with E-state index in [4.69, 9.17) is 4.74 Å². The molecule has 1 saturated heterocycles. The predicted octanol–water partition coefficient (Wildman–Crippen LogP) is 0.522. The molecule has 3 amide bonds. The van der Waals surface area contributed by atoms with E-state index < -0.39 is 24.5 Å². The lowest BCUT2D eigenvalue weighted by Gasteiger charge is -2.19. The summed E-state index contributed by atoms with van der Waals surface area (Å²) >= 11 is 0. The van der Waals surface area contributed by atoms with Crippen molar-refractivity contribution in [3.8, 4) is 0 Å². The largest absolute Gasteiger partial charge is 0.451 e. The standard InChI is InChI=1S/C17H20N4O5/c1-10(14(23)20-17-18-7-4-8-19-17)26-13(22)9-21-15(24)11-5-2-3-6-12(11)16(21)25/h4,7-8,10-12H,2-3,5-6,9H2,1H3,(H,18,19,20,23). The van der Waals surface area contributed by atoms with Crippen LogP contribution >= 0.6 is 0 Å².